The van der Waals surface area contributed by atoms with Gasteiger partial charge in [-0.2, -0.15) is 0 Å². The second-order valence-electron chi connectivity index (χ2n) is 4.79. The lowest BCUT2D eigenvalue weighted by molar-refractivity contribution is -0.0742. The zero-order chi connectivity index (χ0) is 10.2. The van der Waals surface area contributed by atoms with Crippen molar-refractivity contribution in [2.24, 2.45) is 0 Å². The fourth-order valence-corrected chi connectivity index (χ4v) is 2.56. The third-order valence-electron chi connectivity index (χ3n) is 3.53. The molecular weight excluding hydrogens is 222 g/mol. The smallest absolute Gasteiger partial charge is 0.251 e. The average molecular weight is 241 g/mol. The van der Waals surface area contributed by atoms with E-state index >= 15 is 0 Å². The van der Waals surface area contributed by atoms with E-state index < -0.39 is 5.92 Å². The maximum atomic E-state index is 13.3. The molecule has 2 heterocycles. The van der Waals surface area contributed by atoms with E-state index in [1.165, 1.54) is 0 Å². The molecule has 1 N–H and O–H groups in total. The Kier molecular flexibility index (Phi) is 3.95. The summed E-state index contributed by atoms with van der Waals surface area (Å²) >= 11 is 0. The minimum atomic E-state index is -2.44. The Bertz CT molecular complexity index is 215. The van der Waals surface area contributed by atoms with E-state index in [1.807, 2.05) is 7.05 Å². The molecule has 0 aromatic carbocycles. The van der Waals surface area contributed by atoms with Gasteiger partial charge in [0, 0.05) is 24.9 Å². The molecule has 2 nitrogen and oxygen atoms in total. The first kappa shape index (κ1) is 13.1. The number of nitrogens with zero attached hydrogens (tertiary/aromatic N) is 1. The summed E-state index contributed by atoms with van der Waals surface area (Å²) < 4.78 is 26.6. The van der Waals surface area contributed by atoms with Crippen molar-refractivity contribution in [1.82, 2.24) is 10.2 Å². The standard InChI is InChI=1S/C10H18F2N2.ClH/c1-14-6-3-9(4-7-14)8-10(11,12)2-5-13-9;/h13H,2-8H2,1H3;1H. The maximum Gasteiger partial charge on any atom is 0.251 e. The SMILES string of the molecule is CN1CCC2(CC1)CC(F)(F)CCN2.Cl. The van der Waals surface area contributed by atoms with Crippen molar-refractivity contribution in [2.75, 3.05) is 26.7 Å². The molecule has 0 atom stereocenters. The van der Waals surface area contributed by atoms with Crippen molar-refractivity contribution in [3.8, 4) is 0 Å². The third-order valence-corrected chi connectivity index (χ3v) is 3.53. The molecule has 90 valence electrons. The van der Waals surface area contributed by atoms with Gasteiger partial charge in [-0.1, -0.05) is 0 Å². The van der Waals surface area contributed by atoms with Gasteiger partial charge in [-0.05, 0) is 33.0 Å². The molecule has 2 saturated heterocycles. The number of likely N-dealkylation sites (tertiary alicyclic amines) is 1. The molecule has 0 aliphatic carbocycles. The molecule has 2 fully saturated rings. The number of halogens is 3. The van der Waals surface area contributed by atoms with Crippen molar-refractivity contribution < 1.29 is 8.78 Å². The van der Waals surface area contributed by atoms with Gasteiger partial charge >= 0.3 is 0 Å². The van der Waals surface area contributed by atoms with Crippen molar-refractivity contribution in [1.29, 1.82) is 0 Å². The largest absolute Gasteiger partial charge is 0.311 e. The highest BCUT2D eigenvalue weighted by Crippen LogP contribution is 2.38. The van der Waals surface area contributed by atoms with Crippen LogP contribution in [0, 0.1) is 0 Å². The van der Waals surface area contributed by atoms with Gasteiger partial charge in [0.25, 0.3) is 5.92 Å². The number of nitrogens with one attached hydrogen (secondary N) is 1. The third kappa shape index (κ3) is 3.02. The second kappa shape index (κ2) is 4.52. The summed E-state index contributed by atoms with van der Waals surface area (Å²) in [5.41, 5.74) is -0.270. The Hall–Kier alpha value is 0.0700. The van der Waals surface area contributed by atoms with E-state index in [-0.39, 0.29) is 30.8 Å². The molecule has 0 amide bonds. The molecule has 0 radical (unpaired) electrons. The van der Waals surface area contributed by atoms with Gasteiger partial charge in [-0.25, -0.2) is 8.78 Å². The first-order chi connectivity index (χ1) is 6.52. The Morgan fingerprint density at radius 2 is 1.73 bits per heavy atom. The highest BCUT2D eigenvalue weighted by Gasteiger charge is 2.46. The summed E-state index contributed by atoms with van der Waals surface area (Å²) in [6, 6.07) is 0. The highest BCUT2D eigenvalue weighted by atomic mass is 35.5. The molecule has 1 spiro atoms. The van der Waals surface area contributed by atoms with E-state index in [9.17, 15) is 8.78 Å². The van der Waals surface area contributed by atoms with Gasteiger partial charge in [-0.15, -0.1) is 12.4 Å². The monoisotopic (exact) mass is 240 g/mol. The van der Waals surface area contributed by atoms with Crippen molar-refractivity contribution in [3.05, 3.63) is 0 Å². The van der Waals surface area contributed by atoms with Crippen LogP contribution < -0.4 is 5.32 Å². The fraction of sp³-hybridized carbons (Fsp3) is 1.00. The Labute approximate surface area is 95.8 Å². The van der Waals surface area contributed by atoms with Gasteiger partial charge in [-0.3, -0.25) is 0 Å². The molecular formula is C10H19ClF2N2. The summed E-state index contributed by atoms with van der Waals surface area (Å²) in [5.74, 6) is -2.44. The fourth-order valence-electron chi connectivity index (χ4n) is 2.56. The molecule has 5 heteroatoms. The van der Waals surface area contributed by atoms with E-state index in [0.717, 1.165) is 25.9 Å². The van der Waals surface area contributed by atoms with Crippen LogP contribution in [0.4, 0.5) is 8.78 Å². The van der Waals surface area contributed by atoms with Crippen LogP contribution in [0.2, 0.25) is 0 Å². The van der Waals surface area contributed by atoms with E-state index in [4.69, 9.17) is 0 Å². The zero-order valence-electron chi connectivity index (χ0n) is 9.06. The van der Waals surface area contributed by atoms with Gasteiger partial charge in [0.2, 0.25) is 0 Å². The molecule has 0 saturated carbocycles. The van der Waals surface area contributed by atoms with Crippen LogP contribution in [0.15, 0.2) is 0 Å². The first-order valence-electron chi connectivity index (χ1n) is 5.33. The van der Waals surface area contributed by atoms with Gasteiger partial charge in [0.15, 0.2) is 0 Å². The number of alkyl halides is 2. The van der Waals surface area contributed by atoms with Crippen LogP contribution >= 0.6 is 12.4 Å². The summed E-state index contributed by atoms with van der Waals surface area (Å²) in [5, 5.41) is 3.30. The lowest BCUT2D eigenvalue weighted by Crippen LogP contribution is -2.59. The molecule has 0 unspecified atom stereocenters. The predicted molar refractivity (Wildman–Crippen MR) is 58.9 cm³/mol. The Balaban J connectivity index is 0.00000112. The summed E-state index contributed by atoms with van der Waals surface area (Å²) in [6.07, 6.45) is 1.76. The number of hydrogen-bond acceptors (Lipinski definition) is 2. The van der Waals surface area contributed by atoms with E-state index in [1.54, 1.807) is 0 Å². The predicted octanol–water partition coefficient (Wildman–Crippen LogP) is 1.89. The van der Waals surface area contributed by atoms with Crippen LogP contribution in [-0.2, 0) is 0 Å². The number of rotatable bonds is 0. The lowest BCUT2D eigenvalue weighted by Gasteiger charge is -2.46. The van der Waals surface area contributed by atoms with Crippen LogP contribution in [0.5, 0.6) is 0 Å². The van der Waals surface area contributed by atoms with Gasteiger partial charge in [0.05, 0.1) is 0 Å². The summed E-state index contributed by atoms with van der Waals surface area (Å²) in [4.78, 5) is 2.21. The minimum absolute atomic E-state index is 0. The molecule has 0 bridgehead atoms. The molecule has 2 aliphatic heterocycles. The Morgan fingerprint density at radius 3 is 2.27 bits per heavy atom. The van der Waals surface area contributed by atoms with Crippen LogP contribution in [0.1, 0.15) is 25.7 Å². The lowest BCUT2D eigenvalue weighted by atomic mass is 9.79. The number of piperidine rings is 2. The van der Waals surface area contributed by atoms with Crippen molar-refractivity contribution in [3.63, 3.8) is 0 Å². The average Bonchev–Trinajstić information content (AvgIpc) is 2.09. The summed E-state index contributed by atoms with van der Waals surface area (Å²) in [7, 11) is 2.05. The maximum absolute atomic E-state index is 13.3. The normalized spacial score (nSPS) is 29.8. The molecule has 15 heavy (non-hydrogen) atoms. The first-order valence-corrected chi connectivity index (χ1v) is 5.33. The molecule has 2 aliphatic rings. The second-order valence-corrected chi connectivity index (χ2v) is 4.79. The summed E-state index contributed by atoms with van der Waals surface area (Å²) in [6.45, 7) is 2.34. The van der Waals surface area contributed by atoms with E-state index in [0.29, 0.717) is 6.54 Å². The molecule has 2 rings (SSSR count). The van der Waals surface area contributed by atoms with Crippen LogP contribution in [-0.4, -0.2) is 43.0 Å². The van der Waals surface area contributed by atoms with Gasteiger partial charge in [0.1, 0.15) is 0 Å². The Morgan fingerprint density at radius 1 is 1.13 bits per heavy atom. The minimum Gasteiger partial charge on any atom is -0.311 e. The van der Waals surface area contributed by atoms with Crippen molar-refractivity contribution >= 4 is 12.4 Å². The van der Waals surface area contributed by atoms with Crippen LogP contribution in [0.3, 0.4) is 0 Å². The molecule has 0 aromatic heterocycles. The number of hydrogen-bond donors (Lipinski definition) is 1. The topological polar surface area (TPSA) is 15.3 Å². The quantitative estimate of drug-likeness (QED) is 0.696. The van der Waals surface area contributed by atoms with Crippen LogP contribution in [0.25, 0.3) is 0 Å². The molecule has 0 aromatic rings. The van der Waals surface area contributed by atoms with Crippen molar-refractivity contribution in [2.45, 2.75) is 37.1 Å². The van der Waals surface area contributed by atoms with E-state index in [2.05, 4.69) is 10.2 Å². The highest BCUT2D eigenvalue weighted by molar-refractivity contribution is 5.85. The van der Waals surface area contributed by atoms with Gasteiger partial charge < -0.3 is 10.2 Å². The zero-order valence-corrected chi connectivity index (χ0v) is 9.88.